The Hall–Kier alpha value is -1.23. The molecule has 6 heteroatoms. The normalized spacial score (nSPS) is 13.5. The monoisotopic (exact) mass is 266 g/mol. The molecular formula is C11H10ClF3O2. The fraction of sp³-hybridized carbons (Fsp3) is 0.364. The van der Waals surface area contributed by atoms with Gasteiger partial charge >= 0.3 is 12.1 Å². The lowest BCUT2D eigenvalue weighted by Gasteiger charge is -2.20. The van der Waals surface area contributed by atoms with Gasteiger partial charge in [-0.25, -0.2) is 0 Å². The van der Waals surface area contributed by atoms with Gasteiger partial charge in [0, 0.05) is 5.02 Å². The highest BCUT2D eigenvalue weighted by Crippen LogP contribution is 2.40. The zero-order valence-electron chi connectivity index (χ0n) is 8.88. The number of hydrogen-bond acceptors (Lipinski definition) is 1. The Kier molecular flexibility index (Phi) is 4.03. The van der Waals surface area contributed by atoms with Crippen molar-refractivity contribution < 1.29 is 23.1 Å². The Balaban J connectivity index is 3.21. The minimum absolute atomic E-state index is 0.0702. The number of carboxylic acids is 1. The smallest absolute Gasteiger partial charge is 0.396 e. The largest absolute Gasteiger partial charge is 0.481 e. The van der Waals surface area contributed by atoms with Crippen LogP contribution in [0.25, 0.3) is 0 Å². The number of hydrogen-bond donors (Lipinski definition) is 1. The van der Waals surface area contributed by atoms with Gasteiger partial charge in [0.15, 0.2) is 0 Å². The van der Waals surface area contributed by atoms with E-state index in [0.29, 0.717) is 5.56 Å². The number of aliphatic carboxylic acids is 1. The van der Waals surface area contributed by atoms with Crippen LogP contribution in [0.15, 0.2) is 18.2 Å². The molecule has 0 heterocycles. The molecule has 1 N–H and O–H groups in total. The molecule has 1 aromatic rings. The Bertz CT molecular complexity index is 429. The lowest BCUT2D eigenvalue weighted by atomic mass is 9.94. The summed E-state index contributed by atoms with van der Waals surface area (Å²) in [5.74, 6) is -3.59. The van der Waals surface area contributed by atoms with E-state index in [1.165, 1.54) is 12.1 Å². The van der Waals surface area contributed by atoms with Crippen molar-refractivity contribution in [1.82, 2.24) is 0 Å². The molecule has 0 aliphatic carbocycles. The van der Waals surface area contributed by atoms with Gasteiger partial charge in [-0.3, -0.25) is 4.79 Å². The van der Waals surface area contributed by atoms with E-state index in [1.807, 2.05) is 0 Å². The van der Waals surface area contributed by atoms with Crippen LogP contribution in [0.5, 0.6) is 0 Å². The molecule has 0 aliphatic rings. The van der Waals surface area contributed by atoms with Crippen LogP contribution >= 0.6 is 11.6 Å². The number of carbonyl (C=O) groups is 1. The summed E-state index contributed by atoms with van der Waals surface area (Å²) in [7, 11) is 0. The summed E-state index contributed by atoms with van der Waals surface area (Å²) in [5.41, 5.74) is 0.408. The molecular weight excluding hydrogens is 257 g/mol. The fourth-order valence-electron chi connectivity index (χ4n) is 1.51. The number of rotatable bonds is 3. The summed E-state index contributed by atoms with van der Waals surface area (Å²) in [6.07, 6.45) is -5.65. The predicted molar refractivity (Wildman–Crippen MR) is 57.2 cm³/mol. The average Bonchev–Trinajstić information content (AvgIpc) is 2.16. The Labute approximate surface area is 101 Å². The molecule has 94 valence electrons. The van der Waals surface area contributed by atoms with Crippen LogP contribution in [0.1, 0.15) is 23.5 Å². The van der Waals surface area contributed by atoms with Crippen molar-refractivity contribution in [2.75, 3.05) is 0 Å². The number of carboxylic acid groups (broad SMARTS) is 1. The first-order chi connectivity index (χ1) is 7.71. The maximum absolute atomic E-state index is 12.8. The van der Waals surface area contributed by atoms with Crippen LogP contribution in [0.3, 0.4) is 0 Å². The molecule has 1 unspecified atom stereocenters. The molecule has 0 amide bonds. The van der Waals surface area contributed by atoms with Crippen molar-refractivity contribution in [2.45, 2.75) is 25.4 Å². The lowest BCUT2D eigenvalue weighted by molar-refractivity contribution is -0.163. The summed E-state index contributed by atoms with van der Waals surface area (Å²) in [6, 6.07) is 4.18. The van der Waals surface area contributed by atoms with Gasteiger partial charge in [-0.1, -0.05) is 29.3 Å². The van der Waals surface area contributed by atoms with Gasteiger partial charge in [-0.15, -0.1) is 0 Å². The highest BCUT2D eigenvalue weighted by Gasteiger charge is 2.43. The fourth-order valence-corrected chi connectivity index (χ4v) is 1.76. The molecule has 1 aromatic carbocycles. The van der Waals surface area contributed by atoms with Gasteiger partial charge in [-0.2, -0.15) is 13.2 Å². The van der Waals surface area contributed by atoms with Crippen LogP contribution in [0, 0.1) is 6.92 Å². The molecule has 0 aromatic heterocycles. The highest BCUT2D eigenvalue weighted by atomic mass is 35.5. The third-order valence-electron chi connectivity index (χ3n) is 2.30. The van der Waals surface area contributed by atoms with E-state index in [9.17, 15) is 18.0 Å². The zero-order valence-corrected chi connectivity index (χ0v) is 9.64. The number of halogens is 4. The van der Waals surface area contributed by atoms with Gasteiger partial charge in [0.05, 0.1) is 12.3 Å². The van der Waals surface area contributed by atoms with Gasteiger partial charge < -0.3 is 5.11 Å². The molecule has 0 bridgehead atoms. The van der Waals surface area contributed by atoms with Crippen LogP contribution in [-0.2, 0) is 4.79 Å². The van der Waals surface area contributed by atoms with E-state index in [-0.39, 0.29) is 10.6 Å². The topological polar surface area (TPSA) is 37.3 Å². The quantitative estimate of drug-likeness (QED) is 0.904. The first-order valence-corrected chi connectivity index (χ1v) is 5.14. The van der Waals surface area contributed by atoms with E-state index >= 15 is 0 Å². The first kappa shape index (κ1) is 13.8. The molecule has 0 saturated carbocycles. The standard InChI is InChI=1S/C11H10ClF3O2/c1-6-2-3-9(12)7(4-6)8(5-10(16)17)11(13,14)15/h2-4,8H,5H2,1H3,(H,16,17). The second kappa shape index (κ2) is 4.96. The van der Waals surface area contributed by atoms with Gasteiger partial charge in [-0.05, 0) is 18.6 Å². The Morgan fingerprint density at radius 3 is 2.53 bits per heavy atom. The highest BCUT2D eigenvalue weighted by molar-refractivity contribution is 6.31. The zero-order chi connectivity index (χ0) is 13.2. The molecule has 0 radical (unpaired) electrons. The summed E-state index contributed by atoms with van der Waals surface area (Å²) >= 11 is 5.69. The molecule has 1 rings (SSSR count). The van der Waals surface area contributed by atoms with Crippen molar-refractivity contribution in [3.05, 3.63) is 34.3 Å². The predicted octanol–water partition coefficient (Wildman–Crippen LogP) is 3.77. The maximum Gasteiger partial charge on any atom is 0.396 e. The second-order valence-electron chi connectivity index (χ2n) is 3.72. The minimum atomic E-state index is -4.63. The summed E-state index contributed by atoms with van der Waals surface area (Å²) in [6.45, 7) is 1.62. The van der Waals surface area contributed by atoms with Gasteiger partial charge in [0.2, 0.25) is 0 Å². The first-order valence-electron chi connectivity index (χ1n) is 4.76. The number of aryl methyl sites for hydroxylation is 1. The third kappa shape index (κ3) is 3.63. The Morgan fingerprint density at radius 2 is 2.06 bits per heavy atom. The molecule has 0 spiro atoms. The molecule has 0 aliphatic heterocycles. The van der Waals surface area contributed by atoms with Crippen molar-refractivity contribution in [2.24, 2.45) is 0 Å². The van der Waals surface area contributed by atoms with E-state index in [0.717, 1.165) is 0 Å². The van der Waals surface area contributed by atoms with Gasteiger partial charge in [0.1, 0.15) is 0 Å². The molecule has 1 atom stereocenters. The summed E-state index contributed by atoms with van der Waals surface area (Å²) in [4.78, 5) is 10.5. The van der Waals surface area contributed by atoms with E-state index < -0.39 is 24.5 Å². The Morgan fingerprint density at radius 1 is 1.47 bits per heavy atom. The molecule has 2 nitrogen and oxygen atoms in total. The molecule has 0 saturated heterocycles. The van der Waals surface area contributed by atoms with Crippen molar-refractivity contribution in [1.29, 1.82) is 0 Å². The average molecular weight is 267 g/mol. The van der Waals surface area contributed by atoms with E-state index in [1.54, 1.807) is 13.0 Å². The van der Waals surface area contributed by atoms with Crippen LogP contribution in [0.4, 0.5) is 13.2 Å². The molecule has 17 heavy (non-hydrogen) atoms. The van der Waals surface area contributed by atoms with Crippen LogP contribution in [-0.4, -0.2) is 17.3 Å². The number of benzene rings is 1. The summed E-state index contributed by atoms with van der Waals surface area (Å²) < 4.78 is 38.3. The summed E-state index contributed by atoms with van der Waals surface area (Å²) in [5, 5.41) is 8.46. The minimum Gasteiger partial charge on any atom is -0.481 e. The van der Waals surface area contributed by atoms with Gasteiger partial charge in [0.25, 0.3) is 0 Å². The SMILES string of the molecule is Cc1ccc(Cl)c(C(CC(=O)O)C(F)(F)F)c1. The number of alkyl halides is 3. The van der Waals surface area contributed by atoms with E-state index in [4.69, 9.17) is 16.7 Å². The lowest BCUT2D eigenvalue weighted by Crippen LogP contribution is -2.24. The second-order valence-corrected chi connectivity index (χ2v) is 4.12. The van der Waals surface area contributed by atoms with Crippen molar-refractivity contribution in [3.63, 3.8) is 0 Å². The van der Waals surface area contributed by atoms with Crippen molar-refractivity contribution in [3.8, 4) is 0 Å². The van der Waals surface area contributed by atoms with E-state index in [2.05, 4.69) is 0 Å². The van der Waals surface area contributed by atoms with Crippen molar-refractivity contribution >= 4 is 17.6 Å². The molecule has 0 fully saturated rings. The third-order valence-corrected chi connectivity index (χ3v) is 2.64. The van der Waals surface area contributed by atoms with Crippen LogP contribution in [0.2, 0.25) is 5.02 Å². The maximum atomic E-state index is 12.8. The van der Waals surface area contributed by atoms with Crippen LogP contribution < -0.4 is 0 Å².